The van der Waals surface area contributed by atoms with Crippen molar-refractivity contribution in [1.82, 2.24) is 0 Å². The average molecular weight is 370 g/mol. The van der Waals surface area contributed by atoms with E-state index in [1.54, 1.807) is 6.08 Å². The maximum absolute atomic E-state index is 12.8. The van der Waals surface area contributed by atoms with Gasteiger partial charge in [0.25, 0.3) is 0 Å². The van der Waals surface area contributed by atoms with Crippen LogP contribution in [0, 0.1) is 5.92 Å². The number of fused-ring (bicyclic) bond motifs is 2. The maximum atomic E-state index is 12.8. The summed E-state index contributed by atoms with van der Waals surface area (Å²) in [7, 11) is -0.512. The van der Waals surface area contributed by atoms with Gasteiger partial charge in [0.1, 0.15) is 17.3 Å². The Kier molecular flexibility index (Phi) is 4.62. The molecule has 132 valence electrons. The topological polar surface area (TPSA) is 101 Å². The van der Waals surface area contributed by atoms with E-state index < -0.39 is 20.3 Å². The Morgan fingerprint density at radius 3 is 2.38 bits per heavy atom. The van der Waals surface area contributed by atoms with E-state index in [2.05, 4.69) is 0 Å². The van der Waals surface area contributed by atoms with Crippen LogP contribution in [0.1, 0.15) is 51.3 Å². The Morgan fingerprint density at radius 2 is 1.73 bits per heavy atom. The zero-order valence-corrected chi connectivity index (χ0v) is 14.9. The molecule has 2 aromatic rings. The number of ketones is 2. The minimum absolute atomic E-state index is 0.0436. The summed E-state index contributed by atoms with van der Waals surface area (Å²) in [5, 5.41) is 20.3. The maximum Gasteiger partial charge on any atom is 0.395 e. The monoisotopic (exact) mass is 370 g/mol. The first kappa shape index (κ1) is 17.8. The van der Waals surface area contributed by atoms with Crippen molar-refractivity contribution in [3.05, 3.63) is 63.9 Å². The van der Waals surface area contributed by atoms with Gasteiger partial charge in [0.15, 0.2) is 5.78 Å². The SMILES string of the molecule is CC(C)C(=Cc1cc(O)c2c(c1)C(=O)c1cccc(O)c1C2=O)OP=O. The van der Waals surface area contributed by atoms with Gasteiger partial charge in [-0.1, -0.05) is 26.0 Å². The summed E-state index contributed by atoms with van der Waals surface area (Å²) in [5.74, 6) is -1.44. The second-order valence-corrected chi connectivity index (χ2v) is 6.52. The molecular weight excluding hydrogens is 355 g/mol. The summed E-state index contributed by atoms with van der Waals surface area (Å²) in [6.45, 7) is 3.67. The van der Waals surface area contributed by atoms with Crippen molar-refractivity contribution in [3.8, 4) is 11.5 Å². The molecule has 0 bridgehead atoms. The van der Waals surface area contributed by atoms with Crippen LogP contribution >= 0.6 is 8.69 Å². The summed E-state index contributed by atoms with van der Waals surface area (Å²) in [5.41, 5.74) is 0.303. The molecule has 0 amide bonds. The van der Waals surface area contributed by atoms with Crippen LogP contribution in [-0.4, -0.2) is 21.8 Å². The van der Waals surface area contributed by atoms with E-state index in [1.807, 2.05) is 13.8 Å². The van der Waals surface area contributed by atoms with Crippen LogP contribution in [0.4, 0.5) is 0 Å². The van der Waals surface area contributed by atoms with Crippen LogP contribution in [0.25, 0.3) is 6.08 Å². The second-order valence-electron chi connectivity index (χ2n) is 6.19. The van der Waals surface area contributed by atoms with E-state index in [4.69, 9.17) is 4.52 Å². The summed E-state index contributed by atoms with van der Waals surface area (Å²) >= 11 is 0. The number of phenols is 2. The van der Waals surface area contributed by atoms with Crippen molar-refractivity contribution in [2.24, 2.45) is 5.92 Å². The van der Waals surface area contributed by atoms with Crippen molar-refractivity contribution in [1.29, 1.82) is 0 Å². The van der Waals surface area contributed by atoms with Crippen LogP contribution in [0.2, 0.25) is 0 Å². The Bertz CT molecular complexity index is 974. The van der Waals surface area contributed by atoms with Gasteiger partial charge in [0.05, 0.1) is 11.1 Å². The Labute approximate surface area is 151 Å². The first-order chi connectivity index (χ1) is 12.3. The molecule has 0 atom stereocenters. The van der Waals surface area contributed by atoms with Gasteiger partial charge in [0.2, 0.25) is 5.78 Å². The number of carbonyl (C=O) groups is 2. The molecule has 6 nitrogen and oxygen atoms in total. The molecule has 0 saturated heterocycles. The molecule has 0 unspecified atom stereocenters. The third kappa shape index (κ3) is 2.89. The molecule has 2 aromatic carbocycles. The third-order valence-corrected chi connectivity index (χ3v) is 4.43. The highest BCUT2D eigenvalue weighted by Gasteiger charge is 2.34. The molecule has 1 aliphatic carbocycles. The van der Waals surface area contributed by atoms with Gasteiger partial charge >= 0.3 is 8.69 Å². The van der Waals surface area contributed by atoms with Crippen molar-refractivity contribution >= 4 is 26.3 Å². The second kappa shape index (κ2) is 6.73. The van der Waals surface area contributed by atoms with Gasteiger partial charge in [-0.2, -0.15) is 0 Å². The highest BCUT2D eigenvalue weighted by Crippen LogP contribution is 2.37. The lowest BCUT2D eigenvalue weighted by Gasteiger charge is -2.20. The van der Waals surface area contributed by atoms with E-state index in [0.717, 1.165) is 0 Å². The van der Waals surface area contributed by atoms with E-state index in [1.165, 1.54) is 30.3 Å². The van der Waals surface area contributed by atoms with Gasteiger partial charge in [-0.3, -0.25) is 9.59 Å². The largest absolute Gasteiger partial charge is 0.507 e. The highest BCUT2D eigenvalue weighted by atomic mass is 31.1. The molecule has 0 heterocycles. The smallest absolute Gasteiger partial charge is 0.395 e. The Balaban J connectivity index is 2.19. The zero-order valence-electron chi connectivity index (χ0n) is 14.0. The number of rotatable bonds is 4. The van der Waals surface area contributed by atoms with Gasteiger partial charge in [-0.25, -0.2) is 4.57 Å². The summed E-state index contributed by atoms with van der Waals surface area (Å²) in [4.78, 5) is 25.5. The van der Waals surface area contributed by atoms with Gasteiger partial charge in [0, 0.05) is 17.0 Å². The summed E-state index contributed by atoms with van der Waals surface area (Å²) in [6.07, 6.45) is 1.55. The summed E-state index contributed by atoms with van der Waals surface area (Å²) < 4.78 is 15.8. The zero-order chi connectivity index (χ0) is 19.0. The number of phenolic OH excluding ortho intramolecular Hbond substituents is 2. The van der Waals surface area contributed by atoms with Crippen LogP contribution in [0.5, 0.6) is 11.5 Å². The predicted octanol–water partition coefficient (Wildman–Crippen LogP) is 4.09. The van der Waals surface area contributed by atoms with Crippen molar-refractivity contribution < 1.29 is 28.9 Å². The molecule has 0 aromatic heterocycles. The molecule has 0 saturated carbocycles. The quantitative estimate of drug-likeness (QED) is 0.530. The van der Waals surface area contributed by atoms with Gasteiger partial charge < -0.3 is 14.7 Å². The van der Waals surface area contributed by atoms with E-state index in [0.29, 0.717) is 11.3 Å². The molecule has 1 aliphatic rings. The van der Waals surface area contributed by atoms with Crippen molar-refractivity contribution in [2.75, 3.05) is 0 Å². The fourth-order valence-corrected chi connectivity index (χ4v) is 3.24. The highest BCUT2D eigenvalue weighted by molar-refractivity contribution is 7.17. The lowest BCUT2D eigenvalue weighted by molar-refractivity contribution is 0.0974. The van der Waals surface area contributed by atoms with Crippen LogP contribution < -0.4 is 0 Å². The molecule has 0 aliphatic heterocycles. The van der Waals surface area contributed by atoms with Gasteiger partial charge in [-0.05, 0) is 29.8 Å². The first-order valence-electron chi connectivity index (χ1n) is 7.84. The molecule has 0 radical (unpaired) electrons. The summed E-state index contributed by atoms with van der Waals surface area (Å²) in [6, 6.07) is 7.04. The number of benzene rings is 2. The third-order valence-electron chi connectivity index (χ3n) is 4.15. The molecule has 2 N–H and O–H groups in total. The molecule has 0 spiro atoms. The average Bonchev–Trinajstić information content (AvgIpc) is 2.58. The normalized spacial score (nSPS) is 13.7. The number of allylic oxidation sites excluding steroid dienone is 1. The van der Waals surface area contributed by atoms with Crippen LogP contribution in [0.3, 0.4) is 0 Å². The standard InChI is InChI=1S/C19H15O6P/c1-9(2)15(25-26-24)8-10-6-12-17(14(21)7-10)19(23)16-11(18(12)22)4-3-5-13(16)20/h3-9,20-21H,1-2H3. The van der Waals surface area contributed by atoms with E-state index >= 15 is 0 Å². The minimum Gasteiger partial charge on any atom is -0.507 e. The van der Waals surface area contributed by atoms with Crippen LogP contribution in [0.15, 0.2) is 36.1 Å². The lowest BCUT2D eigenvalue weighted by atomic mass is 9.82. The number of hydrogen-bond acceptors (Lipinski definition) is 6. The predicted molar refractivity (Wildman–Crippen MR) is 94.6 cm³/mol. The Hall–Kier alpha value is -2.98. The van der Waals surface area contributed by atoms with E-state index in [9.17, 15) is 24.4 Å². The molecule has 0 fully saturated rings. The van der Waals surface area contributed by atoms with Crippen molar-refractivity contribution in [3.63, 3.8) is 0 Å². The minimum atomic E-state index is -0.612. The number of hydrogen-bond donors (Lipinski definition) is 2. The van der Waals surface area contributed by atoms with Crippen LogP contribution in [-0.2, 0) is 9.09 Å². The fraction of sp³-hybridized carbons (Fsp3) is 0.158. The number of carbonyl (C=O) groups excluding carboxylic acids is 2. The Morgan fingerprint density at radius 1 is 1.04 bits per heavy atom. The molecular formula is C19H15O6P. The van der Waals surface area contributed by atoms with E-state index in [-0.39, 0.29) is 39.7 Å². The lowest BCUT2D eigenvalue weighted by Crippen LogP contribution is -2.21. The first-order valence-corrected chi connectivity index (χ1v) is 8.57. The number of aromatic hydroxyl groups is 2. The molecule has 26 heavy (non-hydrogen) atoms. The van der Waals surface area contributed by atoms with Crippen molar-refractivity contribution in [2.45, 2.75) is 13.8 Å². The fourth-order valence-electron chi connectivity index (χ4n) is 2.89. The van der Waals surface area contributed by atoms with Gasteiger partial charge in [-0.15, -0.1) is 0 Å². The molecule has 7 heteroatoms. The molecule has 3 rings (SSSR count).